The van der Waals surface area contributed by atoms with Crippen LogP contribution in [0, 0.1) is 0 Å². The van der Waals surface area contributed by atoms with E-state index >= 15 is 0 Å². The molecule has 0 bridgehead atoms. The number of carboxylic acid groups (broad SMARTS) is 1. The number of hydrogen-bond acceptors (Lipinski definition) is 4. The molecule has 0 unspecified atom stereocenters. The van der Waals surface area contributed by atoms with Crippen LogP contribution in [-0.2, 0) is 6.42 Å². The minimum Gasteiger partial charge on any atom is -0.491 e. The maximum atomic E-state index is 11.2. The highest BCUT2D eigenvalue weighted by Crippen LogP contribution is 2.33. The average Bonchev–Trinajstić information content (AvgIpc) is 2.84. The van der Waals surface area contributed by atoms with Crippen molar-refractivity contribution < 1.29 is 14.6 Å². The molecule has 0 radical (unpaired) electrons. The molecule has 0 amide bonds. The summed E-state index contributed by atoms with van der Waals surface area (Å²) in [5, 5.41) is 9.20. The number of hydrogen-bond donors (Lipinski definition) is 1. The van der Waals surface area contributed by atoms with Crippen molar-refractivity contribution in [1.82, 2.24) is 4.98 Å². The molecule has 2 aromatic rings. The number of aromatic nitrogens is 1. The van der Waals surface area contributed by atoms with Gasteiger partial charge in [0.1, 0.15) is 5.75 Å². The number of ether oxygens (including phenoxy) is 1. The Balaban J connectivity index is 2.03. The van der Waals surface area contributed by atoms with Gasteiger partial charge in [0.25, 0.3) is 0 Å². The van der Waals surface area contributed by atoms with Gasteiger partial charge < -0.3 is 9.84 Å². The van der Waals surface area contributed by atoms with Gasteiger partial charge in [-0.3, -0.25) is 4.98 Å². The average molecular weight is 291 g/mol. The first kappa shape index (κ1) is 14.5. The van der Waals surface area contributed by atoms with E-state index in [0.717, 1.165) is 16.9 Å². The first-order chi connectivity index (χ1) is 9.58. The van der Waals surface area contributed by atoms with Gasteiger partial charge in [-0.25, -0.2) is 4.79 Å². The molecule has 5 heteroatoms. The fourth-order valence-electron chi connectivity index (χ4n) is 1.76. The Morgan fingerprint density at radius 3 is 2.70 bits per heavy atom. The van der Waals surface area contributed by atoms with E-state index in [2.05, 4.69) is 4.98 Å². The van der Waals surface area contributed by atoms with Crippen molar-refractivity contribution in [3.63, 3.8) is 0 Å². The van der Waals surface area contributed by atoms with E-state index in [9.17, 15) is 9.90 Å². The molecule has 0 aliphatic heterocycles. The minimum atomic E-state index is -0.930. The third-order valence-electron chi connectivity index (χ3n) is 2.88. The van der Waals surface area contributed by atoms with Gasteiger partial charge in [0, 0.05) is 23.7 Å². The number of pyridine rings is 1. The van der Waals surface area contributed by atoms with E-state index in [4.69, 9.17) is 4.74 Å². The standard InChI is InChI=1S/C15H17NO3S/c1-10(2)13-9-12(14(20-13)15(17)18)19-8-5-11-3-6-16-7-4-11/h3-4,6-7,9-10H,5,8H2,1-2H3,(H,17,18). The maximum absolute atomic E-state index is 11.2. The molecule has 0 atom stereocenters. The van der Waals surface area contributed by atoms with Crippen LogP contribution in [0.5, 0.6) is 5.75 Å². The fraction of sp³-hybridized carbons (Fsp3) is 0.333. The Hall–Kier alpha value is -1.88. The Morgan fingerprint density at radius 2 is 2.10 bits per heavy atom. The summed E-state index contributed by atoms with van der Waals surface area (Å²) in [6.07, 6.45) is 4.20. The van der Waals surface area contributed by atoms with Crippen molar-refractivity contribution in [2.24, 2.45) is 0 Å². The predicted octanol–water partition coefficient (Wildman–Crippen LogP) is 3.59. The highest BCUT2D eigenvalue weighted by Gasteiger charge is 2.18. The molecule has 2 heterocycles. The van der Waals surface area contributed by atoms with Crippen LogP contribution < -0.4 is 4.74 Å². The van der Waals surface area contributed by atoms with Crippen LogP contribution in [0.25, 0.3) is 0 Å². The van der Waals surface area contributed by atoms with Gasteiger partial charge in [0.2, 0.25) is 0 Å². The van der Waals surface area contributed by atoms with E-state index in [1.165, 1.54) is 11.3 Å². The van der Waals surface area contributed by atoms with Crippen LogP contribution in [0.2, 0.25) is 0 Å². The van der Waals surface area contributed by atoms with Gasteiger partial charge in [-0.05, 0) is 29.7 Å². The number of carboxylic acids is 1. The minimum absolute atomic E-state index is 0.281. The lowest BCUT2D eigenvalue weighted by Gasteiger charge is -2.05. The first-order valence-corrected chi connectivity index (χ1v) is 7.28. The monoisotopic (exact) mass is 291 g/mol. The number of rotatable bonds is 6. The van der Waals surface area contributed by atoms with E-state index < -0.39 is 5.97 Å². The van der Waals surface area contributed by atoms with Crippen molar-refractivity contribution in [3.8, 4) is 5.75 Å². The zero-order valence-electron chi connectivity index (χ0n) is 11.5. The van der Waals surface area contributed by atoms with Gasteiger partial charge in [0.15, 0.2) is 4.88 Å². The third kappa shape index (κ3) is 3.57. The molecule has 0 spiro atoms. The van der Waals surface area contributed by atoms with Crippen LogP contribution in [0.15, 0.2) is 30.6 Å². The van der Waals surface area contributed by atoms with Gasteiger partial charge in [-0.1, -0.05) is 13.8 Å². The Morgan fingerprint density at radius 1 is 1.40 bits per heavy atom. The molecule has 0 saturated heterocycles. The lowest BCUT2D eigenvalue weighted by Crippen LogP contribution is -2.04. The molecule has 4 nitrogen and oxygen atoms in total. The van der Waals surface area contributed by atoms with E-state index in [1.807, 2.05) is 32.0 Å². The van der Waals surface area contributed by atoms with E-state index in [1.54, 1.807) is 12.4 Å². The lowest BCUT2D eigenvalue weighted by molar-refractivity contribution is 0.0698. The van der Waals surface area contributed by atoms with Crippen LogP contribution in [0.3, 0.4) is 0 Å². The summed E-state index contributed by atoms with van der Waals surface area (Å²) >= 11 is 1.29. The maximum Gasteiger partial charge on any atom is 0.349 e. The summed E-state index contributed by atoms with van der Waals surface area (Å²) in [7, 11) is 0. The highest BCUT2D eigenvalue weighted by atomic mass is 32.1. The Labute approximate surface area is 122 Å². The summed E-state index contributed by atoms with van der Waals surface area (Å²) in [5.74, 6) is -0.156. The summed E-state index contributed by atoms with van der Waals surface area (Å²) < 4.78 is 5.64. The summed E-state index contributed by atoms with van der Waals surface area (Å²) in [6.45, 7) is 4.54. The molecule has 20 heavy (non-hydrogen) atoms. The number of nitrogens with zero attached hydrogens (tertiary/aromatic N) is 1. The molecule has 0 saturated carbocycles. The first-order valence-electron chi connectivity index (χ1n) is 6.46. The van der Waals surface area contributed by atoms with Crippen molar-refractivity contribution >= 4 is 17.3 Å². The molecule has 0 aliphatic rings. The van der Waals surface area contributed by atoms with Gasteiger partial charge in [-0.2, -0.15) is 0 Å². The molecular formula is C15H17NO3S. The molecule has 106 valence electrons. The zero-order chi connectivity index (χ0) is 14.5. The van der Waals surface area contributed by atoms with Crippen LogP contribution >= 0.6 is 11.3 Å². The third-order valence-corrected chi connectivity index (χ3v) is 4.28. The normalized spacial score (nSPS) is 10.8. The van der Waals surface area contributed by atoms with Crippen LogP contribution in [-0.4, -0.2) is 22.7 Å². The van der Waals surface area contributed by atoms with E-state index in [0.29, 0.717) is 18.3 Å². The largest absolute Gasteiger partial charge is 0.491 e. The number of aromatic carboxylic acids is 1. The lowest BCUT2D eigenvalue weighted by atomic mass is 10.2. The van der Waals surface area contributed by atoms with Crippen molar-refractivity contribution in [2.45, 2.75) is 26.2 Å². The van der Waals surface area contributed by atoms with Crippen molar-refractivity contribution in [2.75, 3.05) is 6.61 Å². The van der Waals surface area contributed by atoms with Crippen LogP contribution in [0.1, 0.15) is 39.9 Å². The smallest absolute Gasteiger partial charge is 0.349 e. The number of thiophene rings is 1. The predicted molar refractivity (Wildman–Crippen MR) is 78.8 cm³/mol. The Bertz CT molecular complexity index is 578. The molecule has 2 aromatic heterocycles. The molecular weight excluding hydrogens is 274 g/mol. The molecule has 0 aliphatic carbocycles. The van der Waals surface area contributed by atoms with Crippen molar-refractivity contribution in [3.05, 3.63) is 45.9 Å². The molecule has 2 rings (SSSR count). The second-order valence-electron chi connectivity index (χ2n) is 4.76. The molecule has 0 aromatic carbocycles. The highest BCUT2D eigenvalue weighted by molar-refractivity contribution is 7.14. The fourth-order valence-corrected chi connectivity index (χ4v) is 2.70. The second kappa shape index (κ2) is 6.52. The second-order valence-corrected chi connectivity index (χ2v) is 5.84. The van der Waals surface area contributed by atoms with Gasteiger partial charge in [0.05, 0.1) is 6.61 Å². The van der Waals surface area contributed by atoms with Crippen molar-refractivity contribution in [1.29, 1.82) is 0 Å². The Kier molecular flexibility index (Phi) is 4.74. The summed E-state index contributed by atoms with van der Waals surface area (Å²) in [5.41, 5.74) is 1.12. The topological polar surface area (TPSA) is 59.4 Å². The van der Waals surface area contributed by atoms with E-state index in [-0.39, 0.29) is 4.88 Å². The molecule has 1 N–H and O–H groups in total. The summed E-state index contributed by atoms with van der Waals surface area (Å²) in [4.78, 5) is 16.5. The SMILES string of the molecule is CC(C)c1cc(OCCc2ccncc2)c(C(=O)O)s1. The number of carbonyl (C=O) groups is 1. The molecule has 0 fully saturated rings. The summed E-state index contributed by atoms with van der Waals surface area (Å²) in [6, 6.07) is 5.69. The van der Waals surface area contributed by atoms with Crippen LogP contribution in [0.4, 0.5) is 0 Å². The van der Waals surface area contributed by atoms with Gasteiger partial charge >= 0.3 is 5.97 Å². The quantitative estimate of drug-likeness (QED) is 0.883. The zero-order valence-corrected chi connectivity index (χ0v) is 12.3. The van der Waals surface area contributed by atoms with Gasteiger partial charge in [-0.15, -0.1) is 11.3 Å².